The molecule has 6 atom stereocenters. The maximum atomic E-state index is 13.0. The molecule has 0 bridgehead atoms. The van der Waals surface area contributed by atoms with Gasteiger partial charge in [0.05, 0.1) is 12.6 Å². The molecule has 3 aliphatic heterocycles. The van der Waals surface area contributed by atoms with Crippen LogP contribution in [0.3, 0.4) is 0 Å². The van der Waals surface area contributed by atoms with Gasteiger partial charge in [0.25, 0.3) is 0 Å². The summed E-state index contributed by atoms with van der Waals surface area (Å²) in [5.41, 5.74) is 0.885. The smallest absolute Gasteiger partial charge is 0.475 e. The monoisotopic (exact) mass is 453 g/mol. The van der Waals surface area contributed by atoms with Crippen LogP contribution in [0.5, 0.6) is 0 Å². The molecule has 3 fully saturated rings. The Morgan fingerprint density at radius 1 is 1.23 bits per heavy atom. The standard InChI is InChI=1S/C21H28NO8P/c1-2-3-4-5-6-9-28-31(25)29-14-8-7-12-13-10-15-20(27-11-26-15)18(23)16(13)21(24)22-17(12)19(14)30-31/h7,10,13-14,16-17,19,23H,2-6,8-9,11H2,1H3,(H,22,24). The molecular weight excluding hydrogens is 425 g/mol. The number of unbranched alkanes of at least 4 members (excludes halogenated alkanes) is 4. The van der Waals surface area contributed by atoms with Gasteiger partial charge < -0.3 is 19.9 Å². The maximum Gasteiger partial charge on any atom is 0.475 e. The van der Waals surface area contributed by atoms with Crippen LogP contribution in [0.4, 0.5) is 0 Å². The summed E-state index contributed by atoms with van der Waals surface area (Å²) in [7, 11) is -3.68. The van der Waals surface area contributed by atoms with Gasteiger partial charge in [0, 0.05) is 5.92 Å². The molecule has 3 heterocycles. The molecule has 2 N–H and O–H groups in total. The highest BCUT2D eigenvalue weighted by Gasteiger charge is 2.57. The Labute approximate surface area is 181 Å². The molecule has 3 saturated heterocycles. The van der Waals surface area contributed by atoms with E-state index < -0.39 is 32.0 Å². The highest BCUT2D eigenvalue weighted by molar-refractivity contribution is 7.48. The minimum absolute atomic E-state index is 0.00930. The van der Waals surface area contributed by atoms with Crippen LogP contribution in [-0.4, -0.2) is 42.7 Å². The van der Waals surface area contributed by atoms with E-state index in [1.54, 1.807) is 0 Å². The fourth-order valence-corrected chi connectivity index (χ4v) is 6.56. The minimum Gasteiger partial charge on any atom is -0.507 e. The number of nitrogens with one attached hydrogen (secondary N) is 1. The zero-order valence-electron chi connectivity index (χ0n) is 17.5. The first-order valence-electron chi connectivity index (χ1n) is 11.0. The Balaban J connectivity index is 1.28. The van der Waals surface area contributed by atoms with Gasteiger partial charge in [0.2, 0.25) is 18.5 Å². The average Bonchev–Trinajstić information content (AvgIpc) is 3.35. The lowest BCUT2D eigenvalue weighted by atomic mass is 9.70. The molecule has 31 heavy (non-hydrogen) atoms. The van der Waals surface area contributed by atoms with Gasteiger partial charge in [-0.25, -0.2) is 4.57 Å². The zero-order chi connectivity index (χ0) is 21.6. The Hall–Kier alpha value is -1.80. The van der Waals surface area contributed by atoms with E-state index in [0.29, 0.717) is 18.8 Å². The Kier molecular flexibility index (Phi) is 5.63. The third-order valence-corrected chi connectivity index (χ3v) is 8.01. The first kappa shape index (κ1) is 21.1. The minimum atomic E-state index is -3.68. The molecule has 0 aromatic carbocycles. The van der Waals surface area contributed by atoms with Crippen LogP contribution in [-0.2, 0) is 32.4 Å². The van der Waals surface area contributed by atoms with Crippen molar-refractivity contribution in [2.45, 2.75) is 63.7 Å². The lowest BCUT2D eigenvalue weighted by Crippen LogP contribution is -2.59. The van der Waals surface area contributed by atoms with Crippen LogP contribution in [0.1, 0.15) is 45.4 Å². The molecule has 6 unspecified atom stereocenters. The lowest BCUT2D eigenvalue weighted by molar-refractivity contribution is -0.129. The van der Waals surface area contributed by atoms with Crippen molar-refractivity contribution in [2.75, 3.05) is 13.4 Å². The number of fused-ring (bicyclic) bond motifs is 6. The van der Waals surface area contributed by atoms with E-state index >= 15 is 0 Å². The molecule has 0 aromatic heterocycles. The number of allylic oxidation sites excluding steroid dienone is 1. The van der Waals surface area contributed by atoms with Crippen molar-refractivity contribution in [1.82, 2.24) is 5.32 Å². The number of phosphoric acid groups is 1. The molecule has 170 valence electrons. The average molecular weight is 453 g/mol. The van der Waals surface area contributed by atoms with Crippen LogP contribution in [0.2, 0.25) is 0 Å². The number of hydrogen-bond donors (Lipinski definition) is 2. The van der Waals surface area contributed by atoms with Gasteiger partial charge >= 0.3 is 7.82 Å². The molecule has 5 rings (SSSR count). The van der Waals surface area contributed by atoms with Crippen LogP contribution in [0, 0.1) is 11.8 Å². The topological polar surface area (TPSA) is 113 Å². The predicted octanol–water partition coefficient (Wildman–Crippen LogP) is 3.60. The summed E-state index contributed by atoms with van der Waals surface area (Å²) in [6.45, 7) is 2.47. The molecule has 0 aromatic rings. The van der Waals surface area contributed by atoms with Crippen molar-refractivity contribution in [3.8, 4) is 0 Å². The molecule has 0 radical (unpaired) electrons. The fourth-order valence-electron chi connectivity index (χ4n) is 4.94. The normalized spacial score (nSPS) is 38.1. The molecule has 2 aliphatic carbocycles. The van der Waals surface area contributed by atoms with Gasteiger partial charge in [-0.2, -0.15) is 0 Å². The quantitative estimate of drug-likeness (QED) is 0.342. The van der Waals surface area contributed by atoms with Crippen molar-refractivity contribution in [1.29, 1.82) is 0 Å². The van der Waals surface area contributed by atoms with Crippen molar-refractivity contribution < 1.29 is 37.5 Å². The van der Waals surface area contributed by atoms with E-state index in [4.69, 9.17) is 23.0 Å². The van der Waals surface area contributed by atoms with Gasteiger partial charge in [0.1, 0.15) is 18.1 Å². The first-order valence-corrected chi connectivity index (χ1v) is 12.5. The zero-order valence-corrected chi connectivity index (χ0v) is 18.3. The van der Waals surface area contributed by atoms with Crippen LogP contribution in [0.15, 0.2) is 35.0 Å². The third kappa shape index (κ3) is 3.71. The van der Waals surface area contributed by atoms with E-state index in [9.17, 15) is 14.5 Å². The molecule has 5 aliphatic rings. The third-order valence-electron chi connectivity index (χ3n) is 6.48. The van der Waals surface area contributed by atoms with Gasteiger partial charge in [0.15, 0.2) is 11.5 Å². The Morgan fingerprint density at radius 2 is 2.06 bits per heavy atom. The number of hydrogen-bond acceptors (Lipinski definition) is 8. The summed E-state index contributed by atoms with van der Waals surface area (Å²) >= 11 is 0. The summed E-state index contributed by atoms with van der Waals surface area (Å²) in [5, 5.41) is 13.5. The largest absolute Gasteiger partial charge is 0.507 e. The number of carbonyl (C=O) groups excluding carboxylic acids is 1. The van der Waals surface area contributed by atoms with E-state index in [0.717, 1.165) is 31.3 Å². The van der Waals surface area contributed by atoms with Gasteiger partial charge in [-0.1, -0.05) is 38.7 Å². The number of piperidine rings is 1. The second-order valence-electron chi connectivity index (χ2n) is 8.49. The van der Waals surface area contributed by atoms with Gasteiger partial charge in [-0.3, -0.25) is 18.4 Å². The van der Waals surface area contributed by atoms with Crippen molar-refractivity contribution in [3.05, 3.63) is 35.0 Å². The summed E-state index contributed by atoms with van der Waals surface area (Å²) in [5.74, 6) is -0.973. The molecule has 10 heteroatoms. The molecule has 0 saturated carbocycles. The Bertz CT molecular complexity index is 896. The summed E-state index contributed by atoms with van der Waals surface area (Å²) in [6.07, 6.45) is 8.45. The van der Waals surface area contributed by atoms with Crippen molar-refractivity contribution in [3.63, 3.8) is 0 Å². The Morgan fingerprint density at radius 3 is 2.90 bits per heavy atom. The lowest BCUT2D eigenvalue weighted by Gasteiger charge is -2.43. The summed E-state index contributed by atoms with van der Waals surface area (Å²) < 4.78 is 40.8. The maximum absolute atomic E-state index is 13.0. The van der Waals surface area contributed by atoms with Crippen molar-refractivity contribution >= 4 is 13.7 Å². The summed E-state index contributed by atoms with van der Waals surface area (Å²) in [6, 6.07) is -0.509. The number of ether oxygens (including phenoxy) is 2. The molecule has 0 spiro atoms. The molecular formula is C21H28NO8P. The van der Waals surface area contributed by atoms with E-state index in [1.807, 2.05) is 12.2 Å². The number of aliphatic hydroxyl groups is 1. The van der Waals surface area contributed by atoms with Crippen molar-refractivity contribution in [2.24, 2.45) is 11.8 Å². The van der Waals surface area contributed by atoms with E-state index in [2.05, 4.69) is 12.2 Å². The SMILES string of the molecule is CCCCCCCOP1(=O)OC2CC=C3C4C=C5OCOC5=C(O)C4C(=O)NC3C2O1. The predicted molar refractivity (Wildman–Crippen MR) is 108 cm³/mol. The number of aliphatic hydroxyl groups excluding tert-OH is 1. The van der Waals surface area contributed by atoms with E-state index in [1.165, 1.54) is 6.42 Å². The van der Waals surface area contributed by atoms with E-state index in [-0.39, 0.29) is 30.1 Å². The number of amides is 1. The van der Waals surface area contributed by atoms with Gasteiger partial charge in [-0.05, 0) is 24.5 Å². The second-order valence-corrected chi connectivity index (χ2v) is 10.1. The number of rotatable bonds is 7. The highest BCUT2D eigenvalue weighted by atomic mass is 31.2. The summed E-state index contributed by atoms with van der Waals surface area (Å²) in [4.78, 5) is 12.9. The number of phosphoric ester groups is 1. The molecule has 1 amide bonds. The van der Waals surface area contributed by atoms with Crippen LogP contribution in [0.25, 0.3) is 0 Å². The molecule has 9 nitrogen and oxygen atoms in total. The van der Waals surface area contributed by atoms with Crippen LogP contribution >= 0.6 is 7.82 Å². The van der Waals surface area contributed by atoms with Crippen LogP contribution < -0.4 is 5.32 Å². The fraction of sp³-hybridized carbons (Fsp3) is 0.667. The van der Waals surface area contributed by atoms with Gasteiger partial charge in [-0.15, -0.1) is 0 Å². The highest BCUT2D eigenvalue weighted by Crippen LogP contribution is 2.61. The first-order chi connectivity index (χ1) is 15.0. The second kappa shape index (κ2) is 8.28. The number of carbonyl (C=O) groups is 1.